The molecule has 0 unspecified atom stereocenters. The van der Waals surface area contributed by atoms with Crippen LogP contribution in [0.3, 0.4) is 0 Å². The molecule has 0 rings (SSSR count). The Kier molecular flexibility index (Phi) is 3.18. The van der Waals surface area contributed by atoms with Gasteiger partial charge in [0, 0.05) is 4.75 Å². The van der Waals surface area contributed by atoms with Gasteiger partial charge in [-0.1, -0.05) is 13.8 Å². The summed E-state index contributed by atoms with van der Waals surface area (Å²) in [4.78, 5) is 10.2. The van der Waals surface area contributed by atoms with Crippen molar-refractivity contribution in [3.05, 3.63) is 0 Å². The average Bonchev–Trinajstić information content (AvgIpc) is 1.60. The van der Waals surface area contributed by atoms with Crippen molar-refractivity contribution in [3.8, 4) is 0 Å². The molecule has 0 heterocycles. The summed E-state index contributed by atoms with van der Waals surface area (Å²) >= 11 is 4.15. The van der Waals surface area contributed by atoms with E-state index in [9.17, 15) is 4.79 Å². The van der Waals surface area contributed by atoms with Gasteiger partial charge in [0.15, 0.2) is 0 Å². The van der Waals surface area contributed by atoms with E-state index in [-0.39, 0.29) is 4.75 Å². The van der Waals surface area contributed by atoms with Crippen LogP contribution in [0.15, 0.2) is 0 Å². The molecule has 0 aromatic carbocycles. The fourth-order valence-electron chi connectivity index (χ4n) is 0.625. The summed E-state index contributed by atoms with van der Waals surface area (Å²) in [5.74, 6) is -0.970. The van der Waals surface area contributed by atoms with Crippen LogP contribution in [0.2, 0.25) is 0 Å². The predicted molar refractivity (Wildman–Crippen MR) is 43.3 cm³/mol. The number of carboxylic acids is 1. The van der Waals surface area contributed by atoms with E-state index in [0.717, 1.165) is 0 Å². The van der Waals surface area contributed by atoms with E-state index in [0.29, 0.717) is 6.42 Å². The van der Waals surface area contributed by atoms with Gasteiger partial charge in [-0.05, 0) is 6.42 Å². The largest absolute Gasteiger partial charge is 0.480 e. The van der Waals surface area contributed by atoms with Crippen LogP contribution < -0.4 is 5.73 Å². The molecule has 0 fully saturated rings. The second-order valence-electron chi connectivity index (χ2n) is 2.96. The van der Waals surface area contributed by atoms with Crippen LogP contribution in [-0.2, 0) is 4.79 Å². The topological polar surface area (TPSA) is 63.3 Å². The third-order valence-corrected chi connectivity index (χ3v) is 1.22. The van der Waals surface area contributed by atoms with Gasteiger partial charge in [0.1, 0.15) is 6.04 Å². The highest BCUT2D eigenvalue weighted by Gasteiger charge is 2.20. The maximum atomic E-state index is 10.2. The summed E-state index contributed by atoms with van der Waals surface area (Å²) in [6, 6.07) is -0.799. The van der Waals surface area contributed by atoms with E-state index in [1.165, 1.54) is 0 Å². The van der Waals surface area contributed by atoms with E-state index >= 15 is 0 Å². The van der Waals surface area contributed by atoms with E-state index in [1.807, 2.05) is 13.8 Å². The Labute approximate surface area is 66.0 Å². The lowest BCUT2D eigenvalue weighted by Crippen LogP contribution is -2.35. The fraction of sp³-hybridized carbons (Fsp3) is 0.833. The third-order valence-electron chi connectivity index (χ3n) is 1.04. The van der Waals surface area contributed by atoms with Gasteiger partial charge in [0.25, 0.3) is 0 Å². The minimum Gasteiger partial charge on any atom is -0.480 e. The van der Waals surface area contributed by atoms with Gasteiger partial charge in [-0.2, -0.15) is 12.6 Å². The first kappa shape index (κ1) is 9.78. The first-order valence-electron chi connectivity index (χ1n) is 3.04. The van der Waals surface area contributed by atoms with Crippen molar-refractivity contribution >= 4 is 18.6 Å². The SMILES string of the molecule is CC(C)(S)C[C@H](N)C(=O)O. The number of hydrogen-bond donors (Lipinski definition) is 3. The van der Waals surface area contributed by atoms with E-state index < -0.39 is 12.0 Å². The molecular formula is C6H13NO2S. The highest BCUT2D eigenvalue weighted by molar-refractivity contribution is 7.81. The van der Waals surface area contributed by atoms with Crippen molar-refractivity contribution in [2.45, 2.75) is 31.1 Å². The summed E-state index contributed by atoms with van der Waals surface area (Å²) in [5, 5.41) is 8.39. The number of nitrogens with two attached hydrogens (primary N) is 1. The summed E-state index contributed by atoms with van der Waals surface area (Å²) < 4.78 is -0.308. The van der Waals surface area contributed by atoms with Crippen molar-refractivity contribution in [1.82, 2.24) is 0 Å². The number of hydrogen-bond acceptors (Lipinski definition) is 3. The van der Waals surface area contributed by atoms with Gasteiger partial charge in [0.05, 0.1) is 0 Å². The molecule has 0 spiro atoms. The highest BCUT2D eigenvalue weighted by atomic mass is 32.1. The fourth-order valence-corrected chi connectivity index (χ4v) is 0.822. The highest BCUT2D eigenvalue weighted by Crippen LogP contribution is 2.17. The van der Waals surface area contributed by atoms with Crippen LogP contribution >= 0.6 is 12.6 Å². The Balaban J connectivity index is 3.80. The van der Waals surface area contributed by atoms with Crippen molar-refractivity contribution in [2.75, 3.05) is 0 Å². The molecule has 1 atom stereocenters. The smallest absolute Gasteiger partial charge is 0.320 e. The van der Waals surface area contributed by atoms with Gasteiger partial charge in [-0.25, -0.2) is 0 Å². The summed E-state index contributed by atoms with van der Waals surface area (Å²) in [6.07, 6.45) is 0.380. The Morgan fingerprint density at radius 1 is 1.80 bits per heavy atom. The summed E-state index contributed by atoms with van der Waals surface area (Å²) in [5.41, 5.74) is 5.25. The van der Waals surface area contributed by atoms with Gasteiger partial charge in [-0.15, -0.1) is 0 Å². The van der Waals surface area contributed by atoms with Crippen LogP contribution in [0.4, 0.5) is 0 Å². The van der Waals surface area contributed by atoms with Crippen molar-refractivity contribution in [2.24, 2.45) is 5.73 Å². The molecule has 0 saturated carbocycles. The number of rotatable bonds is 3. The van der Waals surface area contributed by atoms with Crippen LogP contribution in [0.5, 0.6) is 0 Å². The van der Waals surface area contributed by atoms with Crippen LogP contribution in [0, 0.1) is 0 Å². The first-order chi connectivity index (χ1) is 4.33. The van der Waals surface area contributed by atoms with Gasteiger partial charge in [0.2, 0.25) is 0 Å². The standard InChI is InChI=1S/C6H13NO2S/c1-6(2,10)3-4(7)5(8)9/h4,10H,3,7H2,1-2H3,(H,8,9)/t4-/m0/s1. The van der Waals surface area contributed by atoms with E-state index in [1.54, 1.807) is 0 Å². The second-order valence-corrected chi connectivity index (χ2v) is 4.17. The molecule has 0 radical (unpaired) electrons. The molecule has 0 aliphatic rings. The molecule has 0 aromatic heterocycles. The number of aliphatic carboxylic acids is 1. The molecule has 0 aromatic rings. The Hall–Kier alpha value is -0.220. The van der Waals surface area contributed by atoms with E-state index in [4.69, 9.17) is 10.8 Å². The van der Waals surface area contributed by atoms with Crippen molar-refractivity contribution in [3.63, 3.8) is 0 Å². The Morgan fingerprint density at radius 2 is 2.20 bits per heavy atom. The predicted octanol–water partition coefficient (Wildman–Crippen LogP) is 0.497. The molecule has 0 bridgehead atoms. The normalized spacial score (nSPS) is 14.8. The minimum absolute atomic E-state index is 0.308. The molecule has 4 heteroatoms. The van der Waals surface area contributed by atoms with Gasteiger partial charge in [-0.3, -0.25) is 4.79 Å². The van der Waals surface area contributed by atoms with Gasteiger partial charge >= 0.3 is 5.97 Å². The molecule has 3 N–H and O–H groups in total. The maximum absolute atomic E-state index is 10.2. The zero-order valence-electron chi connectivity index (χ0n) is 6.16. The minimum atomic E-state index is -0.970. The molecule has 0 saturated heterocycles. The third kappa shape index (κ3) is 4.64. The Morgan fingerprint density at radius 3 is 2.30 bits per heavy atom. The van der Waals surface area contributed by atoms with Crippen LogP contribution in [-0.4, -0.2) is 21.9 Å². The molecule has 60 valence electrons. The number of carboxylic acid groups (broad SMARTS) is 1. The van der Waals surface area contributed by atoms with Crippen molar-refractivity contribution in [1.29, 1.82) is 0 Å². The average molecular weight is 163 g/mol. The Bertz CT molecular complexity index is 130. The molecule has 3 nitrogen and oxygen atoms in total. The maximum Gasteiger partial charge on any atom is 0.320 e. The lowest BCUT2D eigenvalue weighted by Gasteiger charge is -2.19. The number of thiol groups is 1. The molecular weight excluding hydrogens is 150 g/mol. The zero-order valence-corrected chi connectivity index (χ0v) is 7.06. The van der Waals surface area contributed by atoms with Crippen LogP contribution in [0.1, 0.15) is 20.3 Å². The number of carbonyl (C=O) groups is 1. The lowest BCUT2D eigenvalue weighted by molar-refractivity contribution is -0.138. The molecule has 10 heavy (non-hydrogen) atoms. The monoisotopic (exact) mass is 163 g/mol. The summed E-state index contributed by atoms with van der Waals surface area (Å²) in [7, 11) is 0. The summed E-state index contributed by atoms with van der Waals surface area (Å²) in [6.45, 7) is 3.66. The van der Waals surface area contributed by atoms with Crippen LogP contribution in [0.25, 0.3) is 0 Å². The molecule has 0 aliphatic carbocycles. The second kappa shape index (κ2) is 3.25. The lowest BCUT2D eigenvalue weighted by atomic mass is 10.0. The quantitative estimate of drug-likeness (QED) is 0.531. The van der Waals surface area contributed by atoms with Crippen molar-refractivity contribution < 1.29 is 9.90 Å². The molecule has 0 amide bonds. The zero-order chi connectivity index (χ0) is 8.36. The first-order valence-corrected chi connectivity index (χ1v) is 3.48. The van der Waals surface area contributed by atoms with Gasteiger partial charge < -0.3 is 10.8 Å². The van der Waals surface area contributed by atoms with E-state index in [2.05, 4.69) is 12.6 Å². The molecule has 0 aliphatic heterocycles.